The highest BCUT2D eigenvalue weighted by atomic mass is 16.3. The highest BCUT2D eigenvalue weighted by molar-refractivity contribution is 6.07. The third-order valence-corrected chi connectivity index (χ3v) is 3.44. The fraction of sp³-hybridized carbons (Fsp3) is 0.158. The largest absolute Gasteiger partial charge is 0.506 e. The molecule has 1 amide bonds. The molecule has 5 nitrogen and oxygen atoms in total. The first-order valence-electron chi connectivity index (χ1n) is 7.58. The fourth-order valence-corrected chi connectivity index (χ4v) is 2.06. The number of hydrogen-bond acceptors (Lipinski definition) is 4. The molecule has 24 heavy (non-hydrogen) atoms. The maximum atomic E-state index is 12.0. The zero-order valence-electron chi connectivity index (χ0n) is 13.4. The van der Waals surface area contributed by atoms with E-state index in [1.807, 2.05) is 25.1 Å². The van der Waals surface area contributed by atoms with Crippen molar-refractivity contribution in [2.24, 2.45) is 0 Å². The molecular formula is C19H19N3O2. The molecule has 0 aliphatic rings. The third-order valence-electron chi connectivity index (χ3n) is 3.44. The average Bonchev–Trinajstić information content (AvgIpc) is 2.58. The molecule has 0 fully saturated rings. The van der Waals surface area contributed by atoms with E-state index in [1.165, 1.54) is 23.4 Å². The topological polar surface area (TPSA) is 85.2 Å². The van der Waals surface area contributed by atoms with Crippen LogP contribution in [-0.4, -0.2) is 17.6 Å². The van der Waals surface area contributed by atoms with Crippen molar-refractivity contribution < 1.29 is 9.90 Å². The van der Waals surface area contributed by atoms with E-state index >= 15 is 0 Å². The summed E-state index contributed by atoms with van der Waals surface area (Å²) in [6.07, 6.45) is 2.18. The summed E-state index contributed by atoms with van der Waals surface area (Å²) in [4.78, 5) is 12.0. The molecule has 0 unspecified atom stereocenters. The number of benzene rings is 2. The number of nitriles is 1. The van der Waals surface area contributed by atoms with Gasteiger partial charge in [-0.25, -0.2) is 0 Å². The number of para-hydroxylation sites is 2. The minimum atomic E-state index is -0.568. The number of amides is 1. The number of phenolic OH excluding ortho intramolecular Hbond substituents is 1. The second-order valence-corrected chi connectivity index (χ2v) is 5.33. The van der Waals surface area contributed by atoms with E-state index in [9.17, 15) is 9.90 Å². The van der Waals surface area contributed by atoms with Crippen LogP contribution >= 0.6 is 0 Å². The summed E-state index contributed by atoms with van der Waals surface area (Å²) in [5, 5.41) is 24.2. The van der Waals surface area contributed by atoms with Gasteiger partial charge in [0.2, 0.25) is 0 Å². The normalized spacial score (nSPS) is 10.8. The Hall–Kier alpha value is -3.26. The molecule has 0 bridgehead atoms. The van der Waals surface area contributed by atoms with Crippen molar-refractivity contribution in [1.29, 1.82) is 5.26 Å². The average molecular weight is 321 g/mol. The molecule has 0 radical (unpaired) electrons. The van der Waals surface area contributed by atoms with E-state index in [2.05, 4.69) is 22.8 Å². The zero-order valence-corrected chi connectivity index (χ0v) is 13.4. The Morgan fingerprint density at radius 1 is 1.21 bits per heavy atom. The first-order chi connectivity index (χ1) is 11.6. The fourth-order valence-electron chi connectivity index (χ4n) is 2.06. The lowest BCUT2D eigenvalue weighted by atomic mass is 10.1. The van der Waals surface area contributed by atoms with Gasteiger partial charge in [-0.3, -0.25) is 4.79 Å². The summed E-state index contributed by atoms with van der Waals surface area (Å²) < 4.78 is 0. The maximum Gasteiger partial charge on any atom is 0.267 e. The van der Waals surface area contributed by atoms with Crippen LogP contribution in [0.5, 0.6) is 5.75 Å². The van der Waals surface area contributed by atoms with E-state index < -0.39 is 5.91 Å². The first kappa shape index (κ1) is 17.1. The van der Waals surface area contributed by atoms with Gasteiger partial charge >= 0.3 is 0 Å². The number of carbonyl (C=O) groups is 1. The number of nitrogens with one attached hydrogen (secondary N) is 2. The molecule has 0 aliphatic heterocycles. The number of rotatable bonds is 6. The van der Waals surface area contributed by atoms with Gasteiger partial charge in [-0.1, -0.05) is 42.0 Å². The van der Waals surface area contributed by atoms with Crippen LogP contribution in [0.1, 0.15) is 11.1 Å². The number of anilines is 1. The van der Waals surface area contributed by atoms with Crippen molar-refractivity contribution in [1.82, 2.24) is 5.32 Å². The molecule has 122 valence electrons. The molecule has 2 rings (SSSR count). The van der Waals surface area contributed by atoms with E-state index in [1.54, 1.807) is 18.2 Å². The molecule has 0 saturated carbocycles. The summed E-state index contributed by atoms with van der Waals surface area (Å²) >= 11 is 0. The molecule has 0 saturated heterocycles. The van der Waals surface area contributed by atoms with Crippen molar-refractivity contribution in [3.63, 3.8) is 0 Å². The van der Waals surface area contributed by atoms with Crippen LogP contribution in [0.3, 0.4) is 0 Å². The Labute approximate surface area is 141 Å². The Kier molecular flexibility index (Phi) is 5.98. The third kappa shape index (κ3) is 4.89. The zero-order chi connectivity index (χ0) is 17.4. The van der Waals surface area contributed by atoms with Crippen LogP contribution in [0.2, 0.25) is 0 Å². The van der Waals surface area contributed by atoms with Crippen LogP contribution in [0.25, 0.3) is 0 Å². The minimum absolute atomic E-state index is 0.0459. The number of carbonyl (C=O) groups excluding carboxylic acids is 1. The molecule has 0 atom stereocenters. The van der Waals surface area contributed by atoms with Gasteiger partial charge in [-0.2, -0.15) is 5.26 Å². The highest BCUT2D eigenvalue weighted by Crippen LogP contribution is 2.21. The molecule has 0 aliphatic carbocycles. The Bertz CT molecular complexity index is 774. The van der Waals surface area contributed by atoms with Crippen LogP contribution in [-0.2, 0) is 11.2 Å². The lowest BCUT2D eigenvalue weighted by Gasteiger charge is -2.07. The van der Waals surface area contributed by atoms with E-state index in [0.717, 1.165) is 6.42 Å². The smallest absolute Gasteiger partial charge is 0.267 e. The monoisotopic (exact) mass is 321 g/mol. The molecule has 5 heteroatoms. The van der Waals surface area contributed by atoms with Gasteiger partial charge in [-0.15, -0.1) is 0 Å². The van der Waals surface area contributed by atoms with Gasteiger partial charge in [-0.05, 0) is 31.0 Å². The summed E-state index contributed by atoms with van der Waals surface area (Å²) in [5.74, 6) is -0.614. The number of aromatic hydroxyl groups is 1. The minimum Gasteiger partial charge on any atom is -0.506 e. The highest BCUT2D eigenvalue weighted by Gasteiger charge is 2.10. The number of aryl methyl sites for hydroxylation is 1. The van der Waals surface area contributed by atoms with Gasteiger partial charge in [0.1, 0.15) is 17.4 Å². The summed E-state index contributed by atoms with van der Waals surface area (Å²) in [7, 11) is 0. The summed E-state index contributed by atoms with van der Waals surface area (Å²) in [6, 6.07) is 16.4. The van der Waals surface area contributed by atoms with Gasteiger partial charge in [0.25, 0.3) is 5.91 Å². The standard InChI is InChI=1S/C19H19N3O2/c1-14-6-8-15(9-7-14)10-11-21-13-16(12-20)19(24)22-17-4-2-3-5-18(17)23/h2-9,13,21,23H,10-11H2,1H3,(H,22,24)/b16-13-. The molecule has 2 aromatic rings. The van der Waals surface area contributed by atoms with Crippen LogP contribution in [0, 0.1) is 18.3 Å². The lowest BCUT2D eigenvalue weighted by Crippen LogP contribution is -2.18. The van der Waals surface area contributed by atoms with Crippen molar-refractivity contribution in [3.8, 4) is 11.8 Å². The summed E-state index contributed by atoms with van der Waals surface area (Å²) in [5.41, 5.74) is 2.60. The number of hydrogen-bond donors (Lipinski definition) is 3. The van der Waals surface area contributed by atoms with Gasteiger partial charge in [0.15, 0.2) is 0 Å². The van der Waals surface area contributed by atoms with Gasteiger partial charge in [0, 0.05) is 12.7 Å². The van der Waals surface area contributed by atoms with Crippen molar-refractivity contribution in [2.45, 2.75) is 13.3 Å². The Balaban J connectivity index is 1.89. The molecular weight excluding hydrogens is 302 g/mol. The number of phenols is 1. The second kappa shape index (κ2) is 8.39. The van der Waals surface area contributed by atoms with E-state index in [0.29, 0.717) is 6.54 Å². The first-order valence-corrected chi connectivity index (χ1v) is 7.58. The molecule has 3 N–H and O–H groups in total. The molecule has 0 heterocycles. The van der Waals surface area contributed by atoms with Crippen molar-refractivity contribution in [2.75, 3.05) is 11.9 Å². The van der Waals surface area contributed by atoms with E-state index in [-0.39, 0.29) is 17.0 Å². The molecule has 2 aromatic carbocycles. The summed E-state index contributed by atoms with van der Waals surface area (Å²) in [6.45, 7) is 2.64. The van der Waals surface area contributed by atoms with Crippen LogP contribution in [0.4, 0.5) is 5.69 Å². The lowest BCUT2D eigenvalue weighted by molar-refractivity contribution is -0.112. The molecule has 0 spiro atoms. The maximum absolute atomic E-state index is 12.0. The van der Waals surface area contributed by atoms with Crippen molar-refractivity contribution in [3.05, 3.63) is 71.4 Å². The Morgan fingerprint density at radius 2 is 1.92 bits per heavy atom. The van der Waals surface area contributed by atoms with Crippen LogP contribution < -0.4 is 10.6 Å². The molecule has 0 aromatic heterocycles. The predicted octanol–water partition coefficient (Wildman–Crippen LogP) is 2.88. The Morgan fingerprint density at radius 3 is 2.58 bits per heavy atom. The van der Waals surface area contributed by atoms with Crippen molar-refractivity contribution >= 4 is 11.6 Å². The quantitative estimate of drug-likeness (QED) is 0.330. The second-order valence-electron chi connectivity index (χ2n) is 5.33. The SMILES string of the molecule is Cc1ccc(CCN/C=C(/C#N)C(=O)Nc2ccccc2O)cc1. The predicted molar refractivity (Wildman–Crippen MR) is 93.3 cm³/mol. The van der Waals surface area contributed by atoms with Crippen LogP contribution in [0.15, 0.2) is 60.3 Å². The number of nitrogens with zero attached hydrogens (tertiary/aromatic N) is 1. The van der Waals surface area contributed by atoms with Gasteiger partial charge < -0.3 is 15.7 Å². The van der Waals surface area contributed by atoms with Gasteiger partial charge in [0.05, 0.1) is 5.69 Å². The van der Waals surface area contributed by atoms with E-state index in [4.69, 9.17) is 5.26 Å².